The minimum Gasteiger partial charge on any atom is -0.309 e. The monoisotopic (exact) mass is 208 g/mol. The molecule has 2 heteroatoms. The number of nitrogens with zero attached hydrogens (tertiary/aromatic N) is 2. The van der Waals surface area contributed by atoms with E-state index in [9.17, 15) is 0 Å². The van der Waals surface area contributed by atoms with Gasteiger partial charge in [-0.15, -0.1) is 0 Å². The van der Waals surface area contributed by atoms with E-state index in [1.807, 2.05) is 0 Å². The average Bonchev–Trinajstić information content (AvgIpc) is 2.67. The normalized spacial score (nSPS) is 38.5. The van der Waals surface area contributed by atoms with Gasteiger partial charge in [0.2, 0.25) is 0 Å². The van der Waals surface area contributed by atoms with Gasteiger partial charge in [-0.2, -0.15) is 0 Å². The van der Waals surface area contributed by atoms with Crippen LogP contribution in [-0.2, 0) is 0 Å². The summed E-state index contributed by atoms with van der Waals surface area (Å²) in [5.74, 6) is 3.50. The zero-order chi connectivity index (χ0) is 11.0. The van der Waals surface area contributed by atoms with Crippen LogP contribution >= 0.6 is 0 Å². The van der Waals surface area contributed by atoms with E-state index in [2.05, 4.69) is 50.1 Å². The molecule has 2 rings (SSSR count). The zero-order valence-corrected chi connectivity index (χ0v) is 10.5. The standard InChI is InChI=1S/C13H24N2/c1-14(2)8-12-10-5-6-11(7-10)13(12)9-15(3)4/h5-6,10-13H,7-9H2,1-4H3/t10-,11-,12-,13-/m0/s1. The Morgan fingerprint density at radius 3 is 1.60 bits per heavy atom. The molecule has 2 aliphatic rings. The van der Waals surface area contributed by atoms with Gasteiger partial charge >= 0.3 is 0 Å². The average molecular weight is 208 g/mol. The first-order chi connectivity index (χ1) is 7.08. The molecule has 1 saturated carbocycles. The Labute approximate surface area is 93.9 Å². The van der Waals surface area contributed by atoms with Crippen molar-refractivity contribution in [3.8, 4) is 0 Å². The van der Waals surface area contributed by atoms with Crippen molar-refractivity contribution >= 4 is 0 Å². The molecule has 0 aromatic carbocycles. The van der Waals surface area contributed by atoms with Crippen LogP contribution in [0, 0.1) is 23.7 Å². The van der Waals surface area contributed by atoms with E-state index in [1.165, 1.54) is 19.5 Å². The molecule has 2 nitrogen and oxygen atoms in total. The topological polar surface area (TPSA) is 6.48 Å². The predicted octanol–water partition coefficient (Wildman–Crippen LogP) is 1.55. The largest absolute Gasteiger partial charge is 0.309 e. The number of allylic oxidation sites excluding steroid dienone is 2. The van der Waals surface area contributed by atoms with Crippen LogP contribution < -0.4 is 0 Å². The van der Waals surface area contributed by atoms with E-state index in [1.54, 1.807) is 0 Å². The van der Waals surface area contributed by atoms with Gasteiger partial charge in [-0.1, -0.05) is 12.2 Å². The molecule has 0 N–H and O–H groups in total. The van der Waals surface area contributed by atoms with Gasteiger partial charge in [-0.05, 0) is 58.3 Å². The van der Waals surface area contributed by atoms with Crippen molar-refractivity contribution in [3.63, 3.8) is 0 Å². The Balaban J connectivity index is 2.03. The third kappa shape index (κ3) is 2.26. The first-order valence-electron chi connectivity index (χ1n) is 6.05. The number of hydrogen-bond donors (Lipinski definition) is 0. The zero-order valence-electron chi connectivity index (χ0n) is 10.5. The second-order valence-corrected chi connectivity index (χ2v) is 5.80. The van der Waals surface area contributed by atoms with E-state index >= 15 is 0 Å². The lowest BCUT2D eigenvalue weighted by Gasteiger charge is -2.32. The molecule has 0 heterocycles. The molecule has 0 unspecified atom stereocenters. The highest BCUT2D eigenvalue weighted by Gasteiger charge is 2.44. The van der Waals surface area contributed by atoms with Crippen molar-refractivity contribution in [1.29, 1.82) is 0 Å². The molecule has 4 atom stereocenters. The quantitative estimate of drug-likeness (QED) is 0.647. The molecule has 0 aliphatic heterocycles. The maximum atomic E-state index is 2.46. The molecule has 1 fully saturated rings. The van der Waals surface area contributed by atoms with Gasteiger partial charge in [0.1, 0.15) is 0 Å². The summed E-state index contributed by atoms with van der Waals surface area (Å²) in [4.78, 5) is 4.70. The molecule has 86 valence electrons. The Morgan fingerprint density at radius 2 is 1.27 bits per heavy atom. The SMILES string of the molecule is CN(C)C[C@@H]1[C@@H](CN(C)C)[C@H]2C=C[C@H]1C2. The summed E-state index contributed by atoms with van der Waals surface area (Å²) in [5.41, 5.74) is 0. The van der Waals surface area contributed by atoms with E-state index in [4.69, 9.17) is 0 Å². The maximum absolute atomic E-state index is 2.46. The van der Waals surface area contributed by atoms with Gasteiger partial charge in [0.05, 0.1) is 0 Å². The molecule has 0 aromatic heterocycles. The fourth-order valence-electron chi connectivity index (χ4n) is 3.41. The van der Waals surface area contributed by atoms with Crippen molar-refractivity contribution < 1.29 is 0 Å². The summed E-state index contributed by atoms with van der Waals surface area (Å²) in [7, 11) is 8.79. The van der Waals surface area contributed by atoms with Crippen LogP contribution in [0.2, 0.25) is 0 Å². The van der Waals surface area contributed by atoms with Crippen LogP contribution in [0.1, 0.15) is 6.42 Å². The van der Waals surface area contributed by atoms with E-state index < -0.39 is 0 Å². The minimum atomic E-state index is 0.863. The second kappa shape index (κ2) is 4.26. The van der Waals surface area contributed by atoms with Crippen LogP contribution in [-0.4, -0.2) is 51.1 Å². The fraction of sp³-hybridized carbons (Fsp3) is 0.846. The van der Waals surface area contributed by atoms with Gasteiger partial charge in [0.15, 0.2) is 0 Å². The van der Waals surface area contributed by atoms with Crippen LogP contribution in [0.15, 0.2) is 12.2 Å². The third-order valence-corrected chi connectivity index (χ3v) is 3.95. The van der Waals surface area contributed by atoms with Crippen LogP contribution in [0.4, 0.5) is 0 Å². The smallest absolute Gasteiger partial charge is 0.00125 e. The lowest BCUT2D eigenvalue weighted by molar-refractivity contribution is 0.190. The minimum absolute atomic E-state index is 0.863. The molecular weight excluding hydrogens is 184 g/mol. The van der Waals surface area contributed by atoms with E-state index in [0.29, 0.717) is 0 Å². The van der Waals surface area contributed by atoms with Crippen molar-refractivity contribution in [3.05, 3.63) is 12.2 Å². The summed E-state index contributed by atoms with van der Waals surface area (Å²) in [6.07, 6.45) is 6.34. The Morgan fingerprint density at radius 1 is 0.867 bits per heavy atom. The van der Waals surface area contributed by atoms with Gasteiger partial charge < -0.3 is 9.80 Å². The molecule has 0 aromatic rings. The van der Waals surface area contributed by atoms with Crippen molar-refractivity contribution in [2.75, 3.05) is 41.3 Å². The van der Waals surface area contributed by atoms with Crippen molar-refractivity contribution in [2.45, 2.75) is 6.42 Å². The van der Waals surface area contributed by atoms with Gasteiger partial charge in [-0.3, -0.25) is 0 Å². The summed E-state index contributed by atoms with van der Waals surface area (Å²) in [6.45, 7) is 2.51. The number of rotatable bonds is 4. The van der Waals surface area contributed by atoms with Gasteiger partial charge in [0, 0.05) is 13.1 Å². The van der Waals surface area contributed by atoms with Crippen molar-refractivity contribution in [2.24, 2.45) is 23.7 Å². The van der Waals surface area contributed by atoms with E-state index in [0.717, 1.165) is 23.7 Å². The first-order valence-corrected chi connectivity index (χ1v) is 6.05. The highest BCUT2D eigenvalue weighted by molar-refractivity contribution is 5.14. The molecule has 0 radical (unpaired) electrons. The lowest BCUT2D eigenvalue weighted by atomic mass is 9.82. The van der Waals surface area contributed by atoms with Crippen LogP contribution in [0.3, 0.4) is 0 Å². The predicted molar refractivity (Wildman–Crippen MR) is 64.8 cm³/mol. The van der Waals surface area contributed by atoms with Crippen LogP contribution in [0.5, 0.6) is 0 Å². The summed E-state index contributed by atoms with van der Waals surface area (Å²) in [5, 5.41) is 0. The summed E-state index contributed by atoms with van der Waals surface area (Å²) in [6, 6.07) is 0. The molecule has 2 bridgehead atoms. The highest BCUT2D eigenvalue weighted by atomic mass is 15.1. The molecular formula is C13H24N2. The fourth-order valence-corrected chi connectivity index (χ4v) is 3.41. The Bertz CT molecular complexity index is 221. The molecule has 0 spiro atoms. The molecule has 15 heavy (non-hydrogen) atoms. The lowest BCUT2D eigenvalue weighted by Crippen LogP contribution is -2.35. The Kier molecular flexibility index (Phi) is 3.17. The first kappa shape index (κ1) is 11.2. The van der Waals surface area contributed by atoms with Gasteiger partial charge in [-0.25, -0.2) is 0 Å². The molecule has 0 saturated heterocycles. The summed E-state index contributed by atoms with van der Waals surface area (Å²) < 4.78 is 0. The van der Waals surface area contributed by atoms with Crippen molar-refractivity contribution in [1.82, 2.24) is 9.80 Å². The summed E-state index contributed by atoms with van der Waals surface area (Å²) >= 11 is 0. The molecule has 2 aliphatic carbocycles. The van der Waals surface area contributed by atoms with Crippen LogP contribution in [0.25, 0.3) is 0 Å². The second-order valence-electron chi connectivity index (χ2n) is 5.80. The highest BCUT2D eigenvalue weighted by Crippen LogP contribution is 2.48. The Hall–Kier alpha value is -0.340. The number of fused-ring (bicyclic) bond motifs is 2. The van der Waals surface area contributed by atoms with E-state index in [-0.39, 0.29) is 0 Å². The third-order valence-electron chi connectivity index (χ3n) is 3.95. The molecule has 0 amide bonds. The number of hydrogen-bond acceptors (Lipinski definition) is 2. The van der Waals surface area contributed by atoms with Gasteiger partial charge in [0.25, 0.3) is 0 Å². The maximum Gasteiger partial charge on any atom is 0.00125 e.